The summed E-state index contributed by atoms with van der Waals surface area (Å²) in [5, 5.41) is 1.25. The molecule has 0 fully saturated rings. The third-order valence-corrected chi connectivity index (χ3v) is 10.4. The van der Waals surface area contributed by atoms with E-state index in [9.17, 15) is 16.8 Å². The fraction of sp³-hybridized carbons (Fsp3) is 0.0909. The summed E-state index contributed by atoms with van der Waals surface area (Å²) in [6, 6.07) is 21.3. The van der Waals surface area contributed by atoms with E-state index < -0.39 is 20.0 Å². The number of hydrogen-bond acceptors (Lipinski definition) is 5. The maximum absolute atomic E-state index is 13.4. The Morgan fingerprint density at radius 2 is 1.25 bits per heavy atom. The van der Waals surface area contributed by atoms with Crippen molar-refractivity contribution in [3.05, 3.63) is 83.9 Å². The van der Waals surface area contributed by atoms with Gasteiger partial charge in [-0.15, -0.1) is 11.3 Å². The number of rotatable bonds is 6. The van der Waals surface area contributed by atoms with Gasteiger partial charge in [-0.25, -0.2) is 16.8 Å². The quantitative estimate of drug-likeness (QED) is 0.360. The van der Waals surface area contributed by atoms with Crippen molar-refractivity contribution in [2.75, 3.05) is 22.7 Å². The lowest BCUT2D eigenvalue weighted by Crippen LogP contribution is -2.31. The summed E-state index contributed by atoms with van der Waals surface area (Å²) in [6.07, 6.45) is 0. The third kappa shape index (κ3) is 3.97. The molecule has 0 bridgehead atoms. The molecule has 0 aliphatic heterocycles. The van der Waals surface area contributed by atoms with Gasteiger partial charge in [-0.1, -0.05) is 41.9 Å². The van der Waals surface area contributed by atoms with Crippen molar-refractivity contribution in [2.45, 2.75) is 9.10 Å². The number of hydrogen-bond donors (Lipinski definition) is 0. The number of halogens is 1. The number of thiophene rings is 1. The Labute approximate surface area is 196 Å². The second-order valence-electron chi connectivity index (χ2n) is 6.99. The van der Waals surface area contributed by atoms with Crippen molar-refractivity contribution in [1.82, 2.24) is 0 Å². The van der Waals surface area contributed by atoms with E-state index in [4.69, 9.17) is 11.6 Å². The highest BCUT2D eigenvalue weighted by atomic mass is 35.5. The molecule has 10 heteroatoms. The summed E-state index contributed by atoms with van der Waals surface area (Å²) in [4.78, 5) is 0.0502. The standard InChI is InChI=1S/C22H19ClN2O4S3/c1-24(31(26,27)18-13-11-17(23)12-14-18)19-8-4-5-9-20(19)25(2)32(28,29)22-15-16-7-3-6-10-21(16)30-22/h3-15H,1-2H3. The fourth-order valence-corrected chi connectivity index (χ4v) is 7.35. The van der Waals surface area contributed by atoms with Crippen LogP contribution in [0.4, 0.5) is 11.4 Å². The van der Waals surface area contributed by atoms with Crippen LogP contribution >= 0.6 is 22.9 Å². The lowest BCUT2D eigenvalue weighted by atomic mass is 10.2. The van der Waals surface area contributed by atoms with Gasteiger partial charge >= 0.3 is 0 Å². The predicted molar refractivity (Wildman–Crippen MR) is 131 cm³/mol. The van der Waals surface area contributed by atoms with Gasteiger partial charge in [-0.05, 0) is 53.9 Å². The summed E-state index contributed by atoms with van der Waals surface area (Å²) < 4.78 is 56.3. The van der Waals surface area contributed by atoms with Crippen molar-refractivity contribution < 1.29 is 16.8 Å². The molecular weight excluding hydrogens is 488 g/mol. The van der Waals surface area contributed by atoms with Crippen molar-refractivity contribution in [2.24, 2.45) is 0 Å². The van der Waals surface area contributed by atoms with Gasteiger partial charge in [0.2, 0.25) is 0 Å². The summed E-state index contributed by atoms with van der Waals surface area (Å²) >= 11 is 7.05. The minimum atomic E-state index is -3.94. The zero-order valence-electron chi connectivity index (χ0n) is 17.1. The molecule has 0 N–H and O–H groups in total. The van der Waals surface area contributed by atoms with E-state index in [1.54, 1.807) is 30.3 Å². The topological polar surface area (TPSA) is 74.8 Å². The summed E-state index contributed by atoms with van der Waals surface area (Å²) in [7, 11) is -5.04. The van der Waals surface area contributed by atoms with Gasteiger partial charge in [-0.2, -0.15) is 0 Å². The van der Waals surface area contributed by atoms with Crippen molar-refractivity contribution in [3.8, 4) is 0 Å². The molecule has 166 valence electrons. The Kier molecular flexibility index (Phi) is 5.93. The third-order valence-electron chi connectivity index (χ3n) is 5.05. The maximum atomic E-state index is 13.4. The molecule has 0 aliphatic carbocycles. The van der Waals surface area contributed by atoms with Gasteiger partial charge in [0.1, 0.15) is 4.21 Å². The highest BCUT2D eigenvalue weighted by Crippen LogP contribution is 2.37. The zero-order valence-corrected chi connectivity index (χ0v) is 20.3. The molecule has 0 radical (unpaired) electrons. The Hall–Kier alpha value is -2.59. The summed E-state index contributed by atoms with van der Waals surface area (Å²) in [5.74, 6) is 0. The fourth-order valence-electron chi connectivity index (χ4n) is 3.24. The molecule has 6 nitrogen and oxygen atoms in total. The molecule has 0 saturated carbocycles. The monoisotopic (exact) mass is 506 g/mol. The smallest absolute Gasteiger partial charge is 0.267 e. The summed E-state index contributed by atoms with van der Waals surface area (Å²) in [5.41, 5.74) is 0.472. The minimum absolute atomic E-state index is 0.0502. The number of anilines is 2. The molecule has 0 saturated heterocycles. The summed E-state index contributed by atoms with van der Waals surface area (Å²) in [6.45, 7) is 0. The average molecular weight is 507 g/mol. The van der Waals surface area contributed by atoms with Crippen LogP contribution < -0.4 is 8.61 Å². The van der Waals surface area contributed by atoms with Crippen molar-refractivity contribution >= 4 is 64.4 Å². The average Bonchev–Trinajstić information content (AvgIpc) is 3.23. The zero-order chi connectivity index (χ0) is 23.1. The van der Waals surface area contributed by atoms with Crippen LogP contribution in [0.1, 0.15) is 0 Å². The normalized spacial score (nSPS) is 12.1. The number of sulfonamides is 2. The molecule has 3 aromatic carbocycles. The Morgan fingerprint density at radius 3 is 1.84 bits per heavy atom. The minimum Gasteiger partial charge on any atom is -0.267 e. The van der Waals surface area contributed by atoms with Crippen LogP contribution in [0, 0.1) is 0 Å². The second kappa shape index (κ2) is 8.40. The molecule has 1 aromatic heterocycles. The molecule has 1 heterocycles. The molecule has 4 aromatic rings. The van der Waals surface area contributed by atoms with E-state index >= 15 is 0 Å². The first kappa shape index (κ1) is 22.6. The largest absolute Gasteiger partial charge is 0.273 e. The van der Waals surface area contributed by atoms with Crippen LogP contribution in [-0.4, -0.2) is 30.9 Å². The van der Waals surface area contributed by atoms with Crippen LogP contribution in [-0.2, 0) is 20.0 Å². The molecule has 0 unspecified atom stereocenters. The SMILES string of the molecule is CN(c1ccccc1N(C)S(=O)(=O)c1cc2ccccc2s1)S(=O)(=O)c1ccc(Cl)cc1. The lowest BCUT2D eigenvalue weighted by Gasteiger charge is -2.27. The molecule has 0 amide bonds. The molecule has 32 heavy (non-hydrogen) atoms. The van der Waals surface area contributed by atoms with Crippen molar-refractivity contribution in [1.29, 1.82) is 0 Å². The van der Waals surface area contributed by atoms with Crippen LogP contribution in [0.25, 0.3) is 10.1 Å². The van der Waals surface area contributed by atoms with Crippen molar-refractivity contribution in [3.63, 3.8) is 0 Å². The number of fused-ring (bicyclic) bond motifs is 1. The first-order valence-electron chi connectivity index (χ1n) is 9.43. The van der Waals surface area contributed by atoms with E-state index in [0.29, 0.717) is 5.02 Å². The maximum Gasteiger partial charge on any atom is 0.273 e. The van der Waals surface area contributed by atoms with E-state index in [0.717, 1.165) is 18.7 Å². The van der Waals surface area contributed by atoms with Gasteiger partial charge in [0, 0.05) is 23.8 Å². The molecular formula is C22H19ClN2O4S3. The van der Waals surface area contributed by atoms with Crippen LogP contribution in [0.15, 0.2) is 88.0 Å². The Bertz CT molecular complexity index is 1460. The second-order valence-corrected chi connectivity index (χ2v) is 12.7. The van der Waals surface area contributed by atoms with Crippen LogP contribution in [0.2, 0.25) is 5.02 Å². The molecule has 0 spiro atoms. The van der Waals surface area contributed by atoms with Gasteiger partial charge in [0.05, 0.1) is 16.3 Å². The molecule has 4 rings (SSSR count). The first-order valence-corrected chi connectivity index (χ1v) is 13.5. The highest BCUT2D eigenvalue weighted by Gasteiger charge is 2.29. The van der Waals surface area contributed by atoms with Gasteiger partial charge < -0.3 is 0 Å². The first-order chi connectivity index (χ1) is 15.1. The molecule has 0 aliphatic rings. The van der Waals surface area contributed by atoms with E-state index in [-0.39, 0.29) is 20.5 Å². The number of nitrogens with zero attached hydrogens (tertiary/aromatic N) is 2. The van der Waals surface area contributed by atoms with Gasteiger partial charge in [0.25, 0.3) is 20.0 Å². The lowest BCUT2D eigenvalue weighted by molar-refractivity contribution is 0.592. The van der Waals surface area contributed by atoms with Gasteiger partial charge in [-0.3, -0.25) is 8.61 Å². The predicted octanol–water partition coefficient (Wildman–Crippen LogP) is 5.20. The number of benzene rings is 3. The van der Waals surface area contributed by atoms with Crippen LogP contribution in [0.5, 0.6) is 0 Å². The van der Waals surface area contributed by atoms with Gasteiger partial charge in [0.15, 0.2) is 0 Å². The Balaban J connectivity index is 1.76. The number of para-hydroxylation sites is 2. The van der Waals surface area contributed by atoms with Crippen LogP contribution in [0.3, 0.4) is 0 Å². The van der Waals surface area contributed by atoms with E-state index in [1.807, 2.05) is 24.3 Å². The van der Waals surface area contributed by atoms with E-state index in [2.05, 4.69) is 0 Å². The molecule has 0 atom stereocenters. The highest BCUT2D eigenvalue weighted by molar-refractivity contribution is 7.95. The van der Waals surface area contributed by atoms with E-state index in [1.165, 1.54) is 49.7 Å². The Morgan fingerprint density at radius 1 is 0.719 bits per heavy atom.